The number of rotatable bonds is 8. The molecule has 0 fully saturated rings. The molecule has 0 aliphatic heterocycles. The fourth-order valence-electron chi connectivity index (χ4n) is 1.83. The summed E-state index contributed by atoms with van der Waals surface area (Å²) in [5, 5.41) is 9.88. The summed E-state index contributed by atoms with van der Waals surface area (Å²) in [7, 11) is 0. The fraction of sp³-hybridized carbons (Fsp3) is 0.917. The van der Waals surface area contributed by atoms with E-state index in [4.69, 9.17) is 0 Å². The highest BCUT2D eigenvalue weighted by Crippen LogP contribution is 2.25. The Morgan fingerprint density at radius 1 is 1.43 bits per heavy atom. The van der Waals surface area contributed by atoms with Crippen molar-refractivity contribution in [2.75, 3.05) is 0 Å². The molecule has 0 aromatic heterocycles. The first-order chi connectivity index (χ1) is 6.55. The molecule has 0 aliphatic rings. The second kappa shape index (κ2) is 6.99. The van der Waals surface area contributed by atoms with Gasteiger partial charge in [0.05, 0.1) is 5.60 Å². The maximum atomic E-state index is 10.3. The minimum atomic E-state index is -0.795. The normalized spacial score (nSPS) is 17.4. The molecule has 84 valence electrons. The number of hydrogen-bond acceptors (Lipinski definition) is 2. The van der Waals surface area contributed by atoms with Gasteiger partial charge in [0.15, 0.2) is 0 Å². The minimum Gasteiger partial charge on any atom is -0.390 e. The summed E-state index contributed by atoms with van der Waals surface area (Å²) >= 11 is 0. The van der Waals surface area contributed by atoms with E-state index >= 15 is 0 Å². The third kappa shape index (κ3) is 6.14. The third-order valence-electron chi connectivity index (χ3n) is 2.79. The summed E-state index contributed by atoms with van der Waals surface area (Å²) in [6.07, 6.45) is 6.50. The Labute approximate surface area is 87.7 Å². The van der Waals surface area contributed by atoms with Crippen molar-refractivity contribution in [3.63, 3.8) is 0 Å². The van der Waals surface area contributed by atoms with E-state index < -0.39 is 5.60 Å². The van der Waals surface area contributed by atoms with Crippen LogP contribution in [-0.4, -0.2) is 17.0 Å². The molecular weight excluding hydrogens is 176 g/mol. The molecule has 2 unspecified atom stereocenters. The van der Waals surface area contributed by atoms with Crippen molar-refractivity contribution in [1.82, 2.24) is 0 Å². The van der Waals surface area contributed by atoms with Crippen molar-refractivity contribution >= 4 is 6.29 Å². The second-order valence-corrected chi connectivity index (χ2v) is 4.49. The monoisotopic (exact) mass is 200 g/mol. The lowest BCUT2D eigenvalue weighted by atomic mass is 9.85. The van der Waals surface area contributed by atoms with Crippen LogP contribution in [0, 0.1) is 5.92 Å². The zero-order valence-corrected chi connectivity index (χ0v) is 9.75. The zero-order valence-electron chi connectivity index (χ0n) is 9.75. The maximum absolute atomic E-state index is 10.3. The van der Waals surface area contributed by atoms with E-state index in [1.54, 1.807) is 6.92 Å². The van der Waals surface area contributed by atoms with Gasteiger partial charge in [0.2, 0.25) is 0 Å². The zero-order chi connectivity index (χ0) is 11.0. The van der Waals surface area contributed by atoms with Crippen molar-refractivity contribution in [3.8, 4) is 0 Å². The summed E-state index contributed by atoms with van der Waals surface area (Å²) in [6.45, 7) is 6.09. The number of carbonyl (C=O) groups excluding carboxylic acids is 1. The number of carbonyl (C=O) groups is 1. The Hall–Kier alpha value is -0.370. The molecule has 0 radical (unpaired) electrons. The number of hydrogen-bond donors (Lipinski definition) is 1. The average molecular weight is 200 g/mol. The van der Waals surface area contributed by atoms with Crippen molar-refractivity contribution < 1.29 is 9.90 Å². The van der Waals surface area contributed by atoms with Crippen molar-refractivity contribution in [1.29, 1.82) is 0 Å². The quantitative estimate of drug-likeness (QED) is 0.612. The van der Waals surface area contributed by atoms with Gasteiger partial charge in [-0.3, -0.25) is 0 Å². The average Bonchev–Trinajstić information content (AvgIpc) is 2.12. The van der Waals surface area contributed by atoms with Gasteiger partial charge in [0, 0.05) is 6.42 Å². The Bertz CT molecular complexity index is 152. The number of aldehydes is 1. The SMILES string of the molecule is CCCCC(CC)CC(C)(O)CC=O. The Balaban J connectivity index is 3.95. The molecule has 0 rings (SSSR count). The molecule has 2 heteroatoms. The lowest BCUT2D eigenvalue weighted by molar-refractivity contribution is -0.112. The molecule has 0 bridgehead atoms. The number of aliphatic hydroxyl groups is 1. The van der Waals surface area contributed by atoms with Gasteiger partial charge in [-0.1, -0.05) is 39.5 Å². The molecule has 0 spiro atoms. The van der Waals surface area contributed by atoms with Gasteiger partial charge in [-0.2, -0.15) is 0 Å². The van der Waals surface area contributed by atoms with Gasteiger partial charge in [0.1, 0.15) is 6.29 Å². The van der Waals surface area contributed by atoms with E-state index in [1.165, 1.54) is 19.3 Å². The lowest BCUT2D eigenvalue weighted by Crippen LogP contribution is -2.28. The Morgan fingerprint density at radius 2 is 2.07 bits per heavy atom. The smallest absolute Gasteiger partial charge is 0.122 e. The second-order valence-electron chi connectivity index (χ2n) is 4.49. The van der Waals surface area contributed by atoms with Gasteiger partial charge < -0.3 is 9.90 Å². The van der Waals surface area contributed by atoms with Crippen molar-refractivity contribution in [2.24, 2.45) is 5.92 Å². The van der Waals surface area contributed by atoms with Crippen LogP contribution in [-0.2, 0) is 4.79 Å². The largest absolute Gasteiger partial charge is 0.390 e. The van der Waals surface area contributed by atoms with E-state index in [0.717, 1.165) is 19.1 Å². The van der Waals surface area contributed by atoms with Crippen LogP contribution < -0.4 is 0 Å². The molecule has 2 nitrogen and oxygen atoms in total. The van der Waals surface area contributed by atoms with Crippen molar-refractivity contribution in [2.45, 2.75) is 64.9 Å². The molecular formula is C12H24O2. The van der Waals surface area contributed by atoms with Gasteiger partial charge in [0.25, 0.3) is 0 Å². The first-order valence-electron chi connectivity index (χ1n) is 5.71. The highest BCUT2D eigenvalue weighted by molar-refractivity contribution is 5.51. The van der Waals surface area contributed by atoms with E-state index in [-0.39, 0.29) is 6.42 Å². The van der Waals surface area contributed by atoms with Crippen LogP contribution in [0.3, 0.4) is 0 Å². The predicted octanol–water partition coefficient (Wildman–Crippen LogP) is 2.93. The molecule has 2 atom stereocenters. The molecule has 0 amide bonds. The maximum Gasteiger partial charge on any atom is 0.122 e. The van der Waals surface area contributed by atoms with Crippen LogP contribution in [0.5, 0.6) is 0 Å². The Kier molecular flexibility index (Phi) is 6.81. The molecule has 0 saturated heterocycles. The first kappa shape index (κ1) is 13.6. The fourth-order valence-corrected chi connectivity index (χ4v) is 1.83. The van der Waals surface area contributed by atoms with Gasteiger partial charge in [-0.05, 0) is 19.3 Å². The van der Waals surface area contributed by atoms with E-state index in [2.05, 4.69) is 13.8 Å². The van der Waals surface area contributed by atoms with Gasteiger partial charge in [-0.15, -0.1) is 0 Å². The predicted molar refractivity (Wildman–Crippen MR) is 59.2 cm³/mol. The Morgan fingerprint density at radius 3 is 2.50 bits per heavy atom. The molecule has 1 N–H and O–H groups in total. The summed E-state index contributed by atoms with van der Waals surface area (Å²) in [4.78, 5) is 10.3. The van der Waals surface area contributed by atoms with Crippen LogP contribution in [0.1, 0.15) is 59.3 Å². The van der Waals surface area contributed by atoms with Crippen molar-refractivity contribution in [3.05, 3.63) is 0 Å². The summed E-state index contributed by atoms with van der Waals surface area (Å²) in [5.41, 5.74) is -0.795. The van der Waals surface area contributed by atoms with Crippen LogP contribution in [0.2, 0.25) is 0 Å². The number of unbranched alkanes of at least 4 members (excludes halogenated alkanes) is 1. The molecule has 14 heavy (non-hydrogen) atoms. The molecule has 0 aliphatic carbocycles. The van der Waals surface area contributed by atoms with Gasteiger partial charge >= 0.3 is 0 Å². The van der Waals surface area contributed by atoms with Crippen LogP contribution >= 0.6 is 0 Å². The summed E-state index contributed by atoms with van der Waals surface area (Å²) in [5.74, 6) is 0.560. The van der Waals surface area contributed by atoms with Crippen LogP contribution in [0.25, 0.3) is 0 Å². The van der Waals surface area contributed by atoms with Crippen LogP contribution in [0.4, 0.5) is 0 Å². The highest BCUT2D eigenvalue weighted by Gasteiger charge is 2.23. The summed E-state index contributed by atoms with van der Waals surface area (Å²) in [6, 6.07) is 0. The molecule has 0 saturated carbocycles. The summed E-state index contributed by atoms with van der Waals surface area (Å²) < 4.78 is 0. The lowest BCUT2D eigenvalue weighted by Gasteiger charge is -2.26. The first-order valence-corrected chi connectivity index (χ1v) is 5.71. The van der Waals surface area contributed by atoms with E-state index in [1.807, 2.05) is 0 Å². The molecule has 0 aromatic rings. The van der Waals surface area contributed by atoms with E-state index in [9.17, 15) is 9.90 Å². The van der Waals surface area contributed by atoms with E-state index in [0.29, 0.717) is 5.92 Å². The minimum absolute atomic E-state index is 0.260. The standard InChI is InChI=1S/C12H24O2/c1-4-6-7-11(5-2)10-12(3,14)8-9-13/h9,11,14H,4-8,10H2,1-3H3. The molecule has 0 aromatic carbocycles. The molecule has 0 heterocycles. The topological polar surface area (TPSA) is 37.3 Å². The highest BCUT2D eigenvalue weighted by atomic mass is 16.3. The van der Waals surface area contributed by atoms with Gasteiger partial charge in [-0.25, -0.2) is 0 Å². The third-order valence-corrected chi connectivity index (χ3v) is 2.79. The van der Waals surface area contributed by atoms with Crippen LogP contribution in [0.15, 0.2) is 0 Å².